The molecule has 0 fully saturated rings. The first-order valence-electron chi connectivity index (χ1n) is 0.239. The van der Waals surface area contributed by atoms with Gasteiger partial charge >= 0.3 is 25.9 Å². The predicted molar refractivity (Wildman–Crippen MR) is 12.3 cm³/mol. The van der Waals surface area contributed by atoms with E-state index in [1.165, 1.54) is 0 Å². The fourth-order valence-electron chi connectivity index (χ4n) is 0. The third-order valence-electron chi connectivity index (χ3n) is 0. The van der Waals surface area contributed by atoms with Crippen LogP contribution in [0, 0.1) is 0 Å². The third-order valence-corrected chi connectivity index (χ3v) is 0. The third kappa shape index (κ3) is 124. The molecule has 0 atom stereocenters. The van der Waals surface area contributed by atoms with Gasteiger partial charge in [-0.25, -0.2) is 0 Å². The van der Waals surface area contributed by atoms with Crippen molar-refractivity contribution in [2.75, 3.05) is 0 Å². The van der Waals surface area contributed by atoms with E-state index in [1.54, 1.807) is 0 Å². The van der Waals surface area contributed by atoms with Crippen LogP contribution >= 0.6 is 0 Å². The van der Waals surface area contributed by atoms with E-state index >= 15 is 0 Å². The Balaban J connectivity index is -0.0000000200. The fourth-order valence-corrected chi connectivity index (χ4v) is 0. The summed E-state index contributed by atoms with van der Waals surface area (Å²) < 4.78 is 19.5. The molecule has 0 aromatic heterocycles. The molecule has 40 valence electrons. The Labute approximate surface area is 38.9 Å². The van der Waals surface area contributed by atoms with Crippen molar-refractivity contribution in [3.8, 4) is 0 Å². The molecular weight excluding hydrogens is 261 g/mol. The van der Waals surface area contributed by atoms with Crippen LogP contribution in [0.5, 0.6) is 0 Å². The van der Waals surface area contributed by atoms with Crippen LogP contribution in [0.25, 0.3) is 0 Å². The monoisotopic (exact) mass is 267 g/mol. The van der Waals surface area contributed by atoms with Crippen LogP contribution in [-0.2, 0) is 19.6 Å². The maximum absolute atomic E-state index is 9.74. The van der Waals surface area contributed by atoms with Gasteiger partial charge in [-0.3, -0.25) is 0 Å². The van der Waals surface area contributed by atoms with Crippen molar-refractivity contribution in [3.05, 3.63) is 0 Å². The first-order valence-corrected chi connectivity index (χ1v) is 1.96. The van der Waals surface area contributed by atoms with Crippen molar-refractivity contribution in [2.24, 2.45) is 0 Å². The molecule has 0 unspecified atom stereocenters. The first-order chi connectivity index (χ1) is 1.41. The van der Waals surface area contributed by atoms with Crippen molar-refractivity contribution >= 4 is 0 Å². The van der Waals surface area contributed by atoms with Gasteiger partial charge in [-0.05, 0) is 0 Å². The molecule has 5 heavy (non-hydrogen) atoms. The van der Waals surface area contributed by atoms with Gasteiger partial charge in [-0.1, -0.05) is 0 Å². The number of hydrogen-bond acceptors (Lipinski definition) is 2. The summed E-state index contributed by atoms with van der Waals surface area (Å²) in [6.07, 6.45) is 0. The van der Waals surface area contributed by atoms with E-state index in [1.807, 2.05) is 0 Å². The van der Waals surface area contributed by atoms with Crippen LogP contribution in [0.3, 0.4) is 0 Å². The van der Waals surface area contributed by atoms with Gasteiger partial charge < -0.3 is 12.3 Å². The molecule has 0 amide bonds. The van der Waals surface area contributed by atoms with Crippen LogP contribution in [0.2, 0.25) is 0 Å². The molecule has 0 rings (SSSR count). The molecule has 5 heteroatoms. The molecule has 0 saturated carbocycles. The van der Waals surface area contributed by atoms with Gasteiger partial charge in [0, 0.05) is 0 Å². The van der Waals surface area contributed by atoms with Crippen molar-refractivity contribution in [1.82, 2.24) is 12.3 Å². The second-order valence-corrected chi connectivity index (χ2v) is 0.370. The van der Waals surface area contributed by atoms with E-state index in [9.17, 15) is 6.32 Å². The molecule has 0 aliphatic heterocycles. The summed E-state index contributed by atoms with van der Waals surface area (Å²) in [6, 6.07) is 0. The van der Waals surface area contributed by atoms with Crippen molar-refractivity contribution in [3.63, 3.8) is 0 Å². The summed E-state index contributed by atoms with van der Waals surface area (Å²) in [6.45, 7) is 0. The zero-order valence-electron chi connectivity index (χ0n) is 2.49. The van der Waals surface area contributed by atoms with E-state index in [0.717, 1.165) is 0 Å². The average molecular weight is 267 g/mol. The summed E-state index contributed by atoms with van der Waals surface area (Å²) in [7, 11) is 0. The van der Waals surface area contributed by atoms with E-state index < -0.39 is 19.6 Å². The van der Waals surface area contributed by atoms with Gasteiger partial charge in [0.2, 0.25) is 0 Å². The minimum absolute atomic E-state index is 0. The molecule has 2 nitrogen and oxygen atoms in total. The molecule has 0 aliphatic carbocycles. The first kappa shape index (κ1) is 17.9. The summed E-state index contributed by atoms with van der Waals surface area (Å²) >= 11 is -2.42. The standard InChI is InChI=1S/2FH.2H3N.Pt/h2*1H;2*1H3;/q;;;;+2/p-2. The van der Waals surface area contributed by atoms with Crippen molar-refractivity contribution in [2.45, 2.75) is 0 Å². The summed E-state index contributed by atoms with van der Waals surface area (Å²) in [4.78, 5) is 0. The molecule has 0 bridgehead atoms. The fraction of sp³-hybridized carbons (Fsp3) is 0. The Bertz CT molecular complexity index is 7.61. The quantitative estimate of drug-likeness (QED) is 0.691. The molecule has 0 aliphatic rings. The molecule has 0 aromatic carbocycles. The van der Waals surface area contributed by atoms with Crippen LogP contribution in [0.15, 0.2) is 0 Å². The number of hydrogen-bond donors (Lipinski definition) is 2. The Morgan fingerprint density at radius 3 is 1.00 bits per heavy atom. The molecular formula is H6F2N2Pt. The molecule has 6 N–H and O–H groups in total. The van der Waals surface area contributed by atoms with E-state index in [0.29, 0.717) is 0 Å². The summed E-state index contributed by atoms with van der Waals surface area (Å²) in [5, 5.41) is 0. The van der Waals surface area contributed by atoms with Gasteiger partial charge in [0.15, 0.2) is 0 Å². The Morgan fingerprint density at radius 1 is 1.00 bits per heavy atom. The summed E-state index contributed by atoms with van der Waals surface area (Å²) in [5.41, 5.74) is 0. The second-order valence-electron chi connectivity index (χ2n) is 0.0452. The van der Waals surface area contributed by atoms with Gasteiger partial charge in [0.05, 0.1) is 0 Å². The second kappa shape index (κ2) is 24.9. The van der Waals surface area contributed by atoms with Gasteiger partial charge in [-0.15, -0.1) is 0 Å². The Hall–Kier alpha value is 0.468. The van der Waals surface area contributed by atoms with Crippen molar-refractivity contribution in [1.29, 1.82) is 0 Å². The Morgan fingerprint density at radius 2 is 1.00 bits per heavy atom. The van der Waals surface area contributed by atoms with Gasteiger partial charge in [0.25, 0.3) is 0 Å². The minimum atomic E-state index is -2.42. The average Bonchev–Trinajstić information content (AvgIpc) is 0.918. The summed E-state index contributed by atoms with van der Waals surface area (Å²) in [5.74, 6) is 0. The normalized spacial score (nSPS) is 4.40. The van der Waals surface area contributed by atoms with Crippen LogP contribution in [0.4, 0.5) is 6.32 Å². The van der Waals surface area contributed by atoms with Crippen LogP contribution in [-0.4, -0.2) is 0 Å². The van der Waals surface area contributed by atoms with Crippen LogP contribution < -0.4 is 12.3 Å². The zero-order valence-corrected chi connectivity index (χ0v) is 4.76. The molecule has 0 aromatic rings. The topological polar surface area (TPSA) is 70.0 Å². The molecule has 0 heterocycles. The van der Waals surface area contributed by atoms with Crippen LogP contribution in [0.1, 0.15) is 0 Å². The van der Waals surface area contributed by atoms with E-state index in [-0.39, 0.29) is 12.3 Å². The molecule has 0 spiro atoms. The van der Waals surface area contributed by atoms with Gasteiger partial charge in [0.1, 0.15) is 0 Å². The molecule has 0 radical (unpaired) electrons. The number of rotatable bonds is 0. The molecule has 0 saturated heterocycles. The van der Waals surface area contributed by atoms with Crippen molar-refractivity contribution < 1.29 is 25.9 Å². The predicted octanol–water partition coefficient (Wildman–Crippen LogP) is 1.16. The van der Waals surface area contributed by atoms with E-state index in [2.05, 4.69) is 0 Å². The van der Waals surface area contributed by atoms with E-state index in [4.69, 9.17) is 0 Å². The van der Waals surface area contributed by atoms with Gasteiger partial charge in [-0.2, -0.15) is 0 Å². The zero-order chi connectivity index (χ0) is 2.71. The maximum atomic E-state index is 9.74. The SMILES string of the molecule is N.N.[F][Pt][F]. The number of halogens is 2. The Kier molecular flexibility index (Phi) is 89.4.